The number of benzene rings is 1. The van der Waals surface area contributed by atoms with Crippen LogP contribution in [0.1, 0.15) is 37.6 Å². The summed E-state index contributed by atoms with van der Waals surface area (Å²) in [7, 11) is 0. The van der Waals surface area contributed by atoms with Crippen molar-refractivity contribution < 1.29 is 19.1 Å². The lowest BCUT2D eigenvalue weighted by molar-refractivity contribution is -0.153. The zero-order valence-corrected chi connectivity index (χ0v) is 15.7. The maximum atomic E-state index is 11.9. The summed E-state index contributed by atoms with van der Waals surface area (Å²) >= 11 is 1.53. The number of esters is 1. The number of fused-ring (bicyclic) bond motifs is 1. The van der Waals surface area contributed by atoms with Gasteiger partial charge in [-0.25, -0.2) is 9.78 Å². The molecule has 1 aromatic carbocycles. The Morgan fingerprint density at radius 1 is 1.23 bits per heavy atom. The average Bonchev–Trinajstić information content (AvgIpc) is 3.05. The van der Waals surface area contributed by atoms with Crippen LogP contribution in [0.2, 0.25) is 0 Å². The third-order valence-corrected chi connectivity index (χ3v) is 5.62. The number of carbonyl (C=O) groups is 2. The number of aromatic nitrogens is 1. The van der Waals surface area contributed by atoms with Gasteiger partial charge in [0, 0.05) is 6.04 Å². The Bertz CT molecular complexity index is 728. The van der Waals surface area contributed by atoms with Crippen LogP contribution in [0.15, 0.2) is 24.3 Å². The normalized spacial score (nSPS) is 20.0. The second-order valence-corrected chi connectivity index (χ2v) is 7.78. The molecule has 7 heteroatoms. The van der Waals surface area contributed by atoms with E-state index in [1.165, 1.54) is 17.8 Å². The number of nitrogens with zero attached hydrogens (tertiary/aromatic N) is 1. The maximum absolute atomic E-state index is 11.9. The fraction of sp³-hybridized carbons (Fsp3) is 0.526. The highest BCUT2D eigenvalue weighted by molar-refractivity contribution is 7.18. The molecule has 1 aliphatic rings. The minimum absolute atomic E-state index is 0.185. The molecule has 2 atom stereocenters. The van der Waals surface area contributed by atoms with Gasteiger partial charge in [0.15, 0.2) is 6.61 Å². The van der Waals surface area contributed by atoms with E-state index in [1.54, 1.807) is 0 Å². The lowest BCUT2D eigenvalue weighted by Crippen LogP contribution is -2.43. The van der Waals surface area contributed by atoms with Gasteiger partial charge < -0.3 is 14.8 Å². The molecule has 1 amide bonds. The van der Waals surface area contributed by atoms with Gasteiger partial charge in [-0.15, -0.1) is 11.3 Å². The van der Waals surface area contributed by atoms with Crippen LogP contribution in [0.5, 0.6) is 0 Å². The van der Waals surface area contributed by atoms with E-state index in [0.717, 1.165) is 34.5 Å². The third kappa shape index (κ3) is 5.25. The number of hydrogen-bond acceptors (Lipinski definition) is 6. The van der Waals surface area contributed by atoms with Crippen molar-refractivity contribution in [3.63, 3.8) is 0 Å². The SMILES string of the molecule is C[C@@H]1CCCC[C@H]1NC(=O)COC(=O)COCc1nc2ccccc2s1. The van der Waals surface area contributed by atoms with Crippen molar-refractivity contribution in [3.8, 4) is 0 Å². The molecule has 0 saturated heterocycles. The molecule has 0 aliphatic heterocycles. The molecule has 1 fully saturated rings. The van der Waals surface area contributed by atoms with Crippen LogP contribution in [-0.4, -0.2) is 36.1 Å². The van der Waals surface area contributed by atoms with E-state index in [2.05, 4.69) is 17.2 Å². The first-order chi connectivity index (χ1) is 12.6. The minimum Gasteiger partial charge on any atom is -0.454 e. The molecule has 1 aliphatic carbocycles. The molecule has 2 aromatic rings. The van der Waals surface area contributed by atoms with E-state index < -0.39 is 5.97 Å². The van der Waals surface area contributed by atoms with Crippen molar-refractivity contribution in [1.29, 1.82) is 0 Å². The van der Waals surface area contributed by atoms with Gasteiger partial charge in [0.25, 0.3) is 5.91 Å². The zero-order chi connectivity index (χ0) is 18.4. The van der Waals surface area contributed by atoms with Crippen LogP contribution in [0.3, 0.4) is 0 Å². The molecule has 0 bridgehead atoms. The largest absolute Gasteiger partial charge is 0.454 e. The van der Waals surface area contributed by atoms with E-state index in [0.29, 0.717) is 5.92 Å². The maximum Gasteiger partial charge on any atom is 0.332 e. The molecule has 6 nitrogen and oxygen atoms in total. The molecule has 0 radical (unpaired) electrons. The van der Waals surface area contributed by atoms with Gasteiger partial charge in [0.05, 0.1) is 16.8 Å². The monoisotopic (exact) mass is 376 g/mol. The molecular formula is C19H24N2O4S. The van der Waals surface area contributed by atoms with Gasteiger partial charge in [-0.1, -0.05) is 31.9 Å². The number of thiazole rings is 1. The lowest BCUT2D eigenvalue weighted by atomic mass is 9.86. The summed E-state index contributed by atoms with van der Waals surface area (Å²) in [4.78, 5) is 28.1. The standard InChI is InChI=1S/C19H24N2O4S/c1-13-6-2-3-7-14(13)20-17(22)10-25-19(23)12-24-11-18-21-15-8-4-5-9-16(15)26-18/h4-5,8-9,13-14H,2-3,6-7,10-12H2,1H3,(H,20,22)/t13-,14-/m1/s1. The number of nitrogens with one attached hydrogen (secondary N) is 1. The molecule has 140 valence electrons. The van der Waals surface area contributed by atoms with Gasteiger partial charge in [-0.05, 0) is 30.9 Å². The molecule has 1 heterocycles. The molecule has 1 saturated carbocycles. The summed E-state index contributed by atoms with van der Waals surface area (Å²) in [5, 5.41) is 3.76. The zero-order valence-electron chi connectivity index (χ0n) is 14.9. The predicted molar refractivity (Wildman–Crippen MR) is 99.8 cm³/mol. The highest BCUT2D eigenvalue weighted by Crippen LogP contribution is 2.23. The van der Waals surface area contributed by atoms with E-state index in [1.807, 2.05) is 24.3 Å². The summed E-state index contributed by atoms with van der Waals surface area (Å²) in [5.74, 6) is -0.318. The van der Waals surface area contributed by atoms with Crippen molar-refractivity contribution in [2.24, 2.45) is 5.92 Å². The minimum atomic E-state index is -0.544. The Morgan fingerprint density at radius 3 is 2.85 bits per heavy atom. The molecule has 1 N–H and O–H groups in total. The number of hydrogen-bond donors (Lipinski definition) is 1. The summed E-state index contributed by atoms with van der Waals surface area (Å²) in [6.07, 6.45) is 4.47. The fourth-order valence-corrected chi connectivity index (χ4v) is 4.08. The molecule has 1 aromatic heterocycles. The van der Waals surface area contributed by atoms with E-state index >= 15 is 0 Å². The summed E-state index contributed by atoms with van der Waals surface area (Å²) in [5.41, 5.74) is 0.923. The fourth-order valence-electron chi connectivity index (χ4n) is 3.17. The third-order valence-electron chi connectivity index (χ3n) is 4.61. The smallest absolute Gasteiger partial charge is 0.332 e. The highest BCUT2D eigenvalue weighted by Gasteiger charge is 2.23. The molecule has 3 rings (SSSR count). The van der Waals surface area contributed by atoms with Crippen LogP contribution in [0.25, 0.3) is 10.2 Å². The van der Waals surface area contributed by atoms with Crippen molar-refractivity contribution in [1.82, 2.24) is 10.3 Å². The average molecular weight is 376 g/mol. The van der Waals surface area contributed by atoms with Crippen molar-refractivity contribution in [3.05, 3.63) is 29.3 Å². The molecular weight excluding hydrogens is 352 g/mol. The molecule has 0 unspecified atom stereocenters. The topological polar surface area (TPSA) is 77.5 Å². The van der Waals surface area contributed by atoms with Crippen molar-refractivity contribution in [2.45, 2.75) is 45.3 Å². The first-order valence-corrected chi connectivity index (χ1v) is 9.80. The van der Waals surface area contributed by atoms with Crippen LogP contribution in [-0.2, 0) is 25.7 Å². The van der Waals surface area contributed by atoms with Gasteiger partial charge in [0.2, 0.25) is 0 Å². The molecule has 26 heavy (non-hydrogen) atoms. The predicted octanol–water partition coefficient (Wildman–Crippen LogP) is 3.05. The summed E-state index contributed by atoms with van der Waals surface area (Å²) in [6, 6.07) is 8.02. The van der Waals surface area contributed by atoms with Gasteiger partial charge >= 0.3 is 5.97 Å². The van der Waals surface area contributed by atoms with Gasteiger partial charge in [-0.2, -0.15) is 0 Å². The van der Waals surface area contributed by atoms with E-state index in [9.17, 15) is 9.59 Å². The summed E-state index contributed by atoms with van der Waals surface area (Å²) in [6.45, 7) is 1.95. The Kier molecular flexibility index (Phi) is 6.57. The quantitative estimate of drug-likeness (QED) is 0.752. The Morgan fingerprint density at radius 2 is 2.04 bits per heavy atom. The number of rotatable bonds is 7. The Hall–Kier alpha value is -1.99. The van der Waals surface area contributed by atoms with Gasteiger partial charge in [-0.3, -0.25) is 4.79 Å². The first-order valence-electron chi connectivity index (χ1n) is 8.99. The highest BCUT2D eigenvalue weighted by atomic mass is 32.1. The van der Waals surface area contributed by atoms with E-state index in [-0.39, 0.29) is 31.8 Å². The number of ether oxygens (including phenoxy) is 2. The van der Waals surface area contributed by atoms with Crippen LogP contribution in [0, 0.1) is 5.92 Å². The second kappa shape index (κ2) is 9.09. The van der Waals surface area contributed by atoms with Crippen LogP contribution in [0.4, 0.5) is 0 Å². The van der Waals surface area contributed by atoms with Gasteiger partial charge in [0.1, 0.15) is 11.6 Å². The van der Waals surface area contributed by atoms with Crippen molar-refractivity contribution in [2.75, 3.05) is 13.2 Å². The van der Waals surface area contributed by atoms with Crippen LogP contribution >= 0.6 is 11.3 Å². The summed E-state index contributed by atoms with van der Waals surface area (Å²) < 4.78 is 11.4. The van der Waals surface area contributed by atoms with Crippen LogP contribution < -0.4 is 5.32 Å². The number of amides is 1. The van der Waals surface area contributed by atoms with Crippen molar-refractivity contribution >= 4 is 33.4 Å². The number of para-hydroxylation sites is 1. The van der Waals surface area contributed by atoms with E-state index in [4.69, 9.17) is 9.47 Å². The first kappa shape index (κ1) is 18.8. The molecule has 0 spiro atoms. The lowest BCUT2D eigenvalue weighted by Gasteiger charge is -2.29. The Balaban J connectivity index is 1.34. The second-order valence-electron chi connectivity index (χ2n) is 6.66. The number of carbonyl (C=O) groups excluding carboxylic acids is 2. The Labute approximate surface area is 156 Å².